The van der Waals surface area contributed by atoms with Gasteiger partial charge in [0.25, 0.3) is 0 Å². The van der Waals surface area contributed by atoms with E-state index in [1.807, 2.05) is 0 Å². The van der Waals surface area contributed by atoms with Gasteiger partial charge in [-0.15, -0.1) is 0 Å². The molecular weight excluding hydrogens is 186 g/mol. The average Bonchev–Trinajstić information content (AvgIpc) is 1.80. The van der Waals surface area contributed by atoms with Crippen LogP contribution in [0.25, 0.3) is 0 Å². The zero-order valence-corrected chi connectivity index (χ0v) is 9.61. The first-order valence-corrected chi connectivity index (χ1v) is 6.22. The largest absolute Gasteiger partial charge is 0.216 e. The third-order valence-corrected chi connectivity index (χ3v) is 4.76. The monoisotopic (exact) mass is 205 g/mol. The number of nitrogens with one attached hydrogen (secondary N) is 1. The minimum atomic E-state index is -3.13. The summed E-state index contributed by atoms with van der Waals surface area (Å²) in [4.78, 5) is 0. The van der Waals surface area contributed by atoms with Gasteiger partial charge in [0.1, 0.15) is 0 Å². The van der Waals surface area contributed by atoms with Gasteiger partial charge in [-0.05, 0) is 39.5 Å². The minimum Gasteiger partial charge on any atom is -0.212 e. The molecule has 0 aromatic rings. The molecule has 0 saturated heterocycles. The van der Waals surface area contributed by atoms with Crippen molar-refractivity contribution in [1.29, 1.82) is 0 Å². The first kappa shape index (κ1) is 11.0. The Hall–Kier alpha value is -0.0900. The molecule has 1 aliphatic carbocycles. The van der Waals surface area contributed by atoms with Crippen LogP contribution in [0.4, 0.5) is 0 Å². The van der Waals surface area contributed by atoms with Crippen LogP contribution < -0.4 is 4.72 Å². The molecule has 0 amide bonds. The van der Waals surface area contributed by atoms with E-state index < -0.39 is 14.8 Å². The Morgan fingerprint density at radius 2 is 1.69 bits per heavy atom. The molecule has 0 spiro atoms. The average molecular weight is 205 g/mol. The molecule has 0 aliphatic heterocycles. The molecule has 4 heteroatoms. The lowest BCUT2D eigenvalue weighted by Crippen LogP contribution is -2.49. The summed E-state index contributed by atoms with van der Waals surface area (Å²) < 4.78 is 25.3. The van der Waals surface area contributed by atoms with E-state index >= 15 is 0 Å². The normalized spacial score (nSPS) is 29.8. The van der Waals surface area contributed by atoms with Gasteiger partial charge in [0.15, 0.2) is 0 Å². The van der Waals surface area contributed by atoms with Crippen LogP contribution in [-0.2, 0) is 10.0 Å². The maximum absolute atomic E-state index is 11.7. The van der Waals surface area contributed by atoms with Crippen molar-refractivity contribution in [2.45, 2.75) is 51.3 Å². The lowest BCUT2D eigenvalue weighted by molar-refractivity contribution is 0.269. The minimum absolute atomic E-state index is 0.180. The van der Waals surface area contributed by atoms with Crippen molar-refractivity contribution in [3.05, 3.63) is 0 Å². The SMILES string of the molecule is CC1CC(NS(=O)(=O)C(C)(C)C)C1. The Bertz CT molecular complexity index is 270. The Morgan fingerprint density at radius 1 is 1.23 bits per heavy atom. The molecule has 0 unspecified atom stereocenters. The smallest absolute Gasteiger partial charge is 0.212 e. The summed E-state index contributed by atoms with van der Waals surface area (Å²) >= 11 is 0. The van der Waals surface area contributed by atoms with Crippen LogP contribution in [-0.4, -0.2) is 19.2 Å². The van der Waals surface area contributed by atoms with Crippen molar-refractivity contribution in [2.24, 2.45) is 5.92 Å². The summed E-state index contributed by atoms with van der Waals surface area (Å²) in [6, 6.07) is 0.180. The fraction of sp³-hybridized carbons (Fsp3) is 1.00. The summed E-state index contributed by atoms with van der Waals surface area (Å²) in [6.07, 6.45) is 1.96. The molecule has 13 heavy (non-hydrogen) atoms. The second-order valence-electron chi connectivity index (χ2n) is 5.01. The molecule has 0 aromatic heterocycles. The molecule has 1 rings (SSSR count). The van der Waals surface area contributed by atoms with Crippen LogP contribution in [0.5, 0.6) is 0 Å². The van der Waals surface area contributed by atoms with Crippen molar-refractivity contribution in [2.75, 3.05) is 0 Å². The standard InChI is InChI=1S/C9H19NO2S/c1-7-5-8(6-7)10-13(11,12)9(2,3)4/h7-8,10H,5-6H2,1-4H3. The van der Waals surface area contributed by atoms with Crippen molar-refractivity contribution >= 4 is 10.0 Å². The Balaban J connectivity index is 2.54. The molecule has 1 N–H and O–H groups in total. The quantitative estimate of drug-likeness (QED) is 0.742. The lowest BCUT2D eigenvalue weighted by atomic mass is 9.83. The summed E-state index contributed by atoms with van der Waals surface area (Å²) in [7, 11) is -3.13. The van der Waals surface area contributed by atoms with Crippen LogP contribution in [0.15, 0.2) is 0 Å². The summed E-state index contributed by atoms with van der Waals surface area (Å²) in [5, 5.41) is 0. The molecule has 0 bridgehead atoms. The van der Waals surface area contributed by atoms with E-state index in [2.05, 4.69) is 11.6 Å². The van der Waals surface area contributed by atoms with Gasteiger partial charge in [-0.3, -0.25) is 0 Å². The fourth-order valence-corrected chi connectivity index (χ4v) is 2.38. The summed E-state index contributed by atoms with van der Waals surface area (Å²) in [5.41, 5.74) is 0. The van der Waals surface area contributed by atoms with E-state index in [0.29, 0.717) is 5.92 Å². The van der Waals surface area contributed by atoms with Crippen molar-refractivity contribution < 1.29 is 8.42 Å². The van der Waals surface area contributed by atoms with E-state index in [4.69, 9.17) is 0 Å². The van der Waals surface area contributed by atoms with E-state index in [1.54, 1.807) is 20.8 Å². The molecule has 0 aromatic carbocycles. The van der Waals surface area contributed by atoms with Gasteiger partial charge in [-0.2, -0.15) is 0 Å². The maximum atomic E-state index is 11.7. The highest BCUT2D eigenvalue weighted by atomic mass is 32.2. The van der Waals surface area contributed by atoms with Gasteiger partial charge in [-0.25, -0.2) is 13.1 Å². The number of hydrogen-bond donors (Lipinski definition) is 1. The maximum Gasteiger partial charge on any atom is 0.216 e. The molecule has 78 valence electrons. The second kappa shape index (κ2) is 3.24. The van der Waals surface area contributed by atoms with E-state index in [0.717, 1.165) is 12.8 Å². The predicted octanol–water partition coefficient (Wildman–Crippen LogP) is 1.50. The van der Waals surface area contributed by atoms with Crippen molar-refractivity contribution in [3.8, 4) is 0 Å². The van der Waals surface area contributed by atoms with Crippen LogP contribution in [0.2, 0.25) is 0 Å². The van der Waals surface area contributed by atoms with E-state index in [-0.39, 0.29) is 6.04 Å². The van der Waals surface area contributed by atoms with E-state index in [9.17, 15) is 8.42 Å². The van der Waals surface area contributed by atoms with Crippen molar-refractivity contribution in [3.63, 3.8) is 0 Å². The molecule has 1 saturated carbocycles. The summed E-state index contributed by atoms with van der Waals surface area (Å²) in [6.45, 7) is 7.30. The van der Waals surface area contributed by atoms with Gasteiger partial charge in [0.05, 0.1) is 4.75 Å². The van der Waals surface area contributed by atoms with Gasteiger partial charge in [0, 0.05) is 6.04 Å². The molecule has 3 nitrogen and oxygen atoms in total. The highest BCUT2D eigenvalue weighted by Crippen LogP contribution is 2.28. The van der Waals surface area contributed by atoms with Crippen LogP contribution in [0.1, 0.15) is 40.5 Å². The fourth-order valence-electron chi connectivity index (χ4n) is 1.39. The first-order chi connectivity index (χ1) is 5.72. The Morgan fingerprint density at radius 3 is 2.00 bits per heavy atom. The van der Waals surface area contributed by atoms with Crippen LogP contribution >= 0.6 is 0 Å². The predicted molar refractivity (Wildman–Crippen MR) is 54.0 cm³/mol. The number of rotatable bonds is 2. The lowest BCUT2D eigenvalue weighted by Gasteiger charge is -2.35. The highest BCUT2D eigenvalue weighted by molar-refractivity contribution is 7.90. The second-order valence-corrected chi connectivity index (χ2v) is 7.47. The summed E-state index contributed by atoms with van der Waals surface area (Å²) in [5.74, 6) is 0.674. The molecule has 0 atom stereocenters. The molecule has 0 radical (unpaired) electrons. The van der Waals surface area contributed by atoms with Gasteiger partial charge >= 0.3 is 0 Å². The Kier molecular flexibility index (Phi) is 2.74. The molecular formula is C9H19NO2S. The topological polar surface area (TPSA) is 46.2 Å². The molecule has 0 heterocycles. The third-order valence-electron chi connectivity index (χ3n) is 2.50. The number of hydrogen-bond acceptors (Lipinski definition) is 2. The van der Waals surface area contributed by atoms with E-state index in [1.165, 1.54) is 0 Å². The Labute approximate surface area is 81.0 Å². The van der Waals surface area contributed by atoms with Gasteiger partial charge in [-0.1, -0.05) is 6.92 Å². The van der Waals surface area contributed by atoms with Crippen molar-refractivity contribution in [1.82, 2.24) is 4.72 Å². The van der Waals surface area contributed by atoms with Gasteiger partial charge < -0.3 is 0 Å². The van der Waals surface area contributed by atoms with Crippen LogP contribution in [0, 0.1) is 5.92 Å². The number of sulfonamides is 1. The molecule has 1 aliphatic rings. The third kappa shape index (κ3) is 2.44. The zero-order valence-electron chi connectivity index (χ0n) is 8.79. The zero-order chi connectivity index (χ0) is 10.3. The van der Waals surface area contributed by atoms with Gasteiger partial charge in [0.2, 0.25) is 10.0 Å². The highest BCUT2D eigenvalue weighted by Gasteiger charge is 2.35. The first-order valence-electron chi connectivity index (χ1n) is 4.74. The molecule has 1 fully saturated rings. The van der Waals surface area contributed by atoms with Crippen LogP contribution in [0.3, 0.4) is 0 Å².